The van der Waals surface area contributed by atoms with Gasteiger partial charge >= 0.3 is 0 Å². The molecule has 0 saturated heterocycles. The van der Waals surface area contributed by atoms with Crippen molar-refractivity contribution in [1.29, 1.82) is 0 Å². The topological polar surface area (TPSA) is 94.2 Å². The number of primary sulfonamides is 1. The van der Waals surface area contributed by atoms with E-state index in [9.17, 15) is 13.2 Å². The molecule has 6 nitrogen and oxygen atoms in total. The van der Waals surface area contributed by atoms with E-state index in [2.05, 4.69) is 5.32 Å². The number of aryl methyl sites for hydroxylation is 1. The minimum absolute atomic E-state index is 0.0377. The minimum Gasteiger partial charge on any atom is -0.344 e. The van der Waals surface area contributed by atoms with Gasteiger partial charge in [-0.05, 0) is 36.8 Å². The first-order chi connectivity index (χ1) is 9.91. The summed E-state index contributed by atoms with van der Waals surface area (Å²) in [4.78, 5) is 12.2. The molecule has 21 heavy (non-hydrogen) atoms. The molecule has 2 rings (SSSR count). The summed E-state index contributed by atoms with van der Waals surface area (Å²) in [5.74, 6) is -0.292. The maximum absolute atomic E-state index is 12.2. The van der Waals surface area contributed by atoms with Gasteiger partial charge in [0.1, 0.15) is 5.69 Å². The molecular formula is C14H17N3O3S. The highest BCUT2D eigenvalue weighted by Gasteiger charge is 2.13. The van der Waals surface area contributed by atoms with Crippen molar-refractivity contribution < 1.29 is 13.2 Å². The maximum atomic E-state index is 12.2. The molecule has 0 fully saturated rings. The molecule has 3 N–H and O–H groups in total. The Labute approximate surface area is 123 Å². The summed E-state index contributed by atoms with van der Waals surface area (Å²) in [6.45, 7) is 2.77. The van der Waals surface area contributed by atoms with Crippen molar-refractivity contribution >= 4 is 21.6 Å². The summed E-state index contributed by atoms with van der Waals surface area (Å²) in [7, 11) is -3.79. The van der Waals surface area contributed by atoms with Crippen LogP contribution in [0.25, 0.3) is 0 Å². The Balaban J connectivity index is 2.22. The van der Waals surface area contributed by atoms with Crippen molar-refractivity contribution in [3.05, 3.63) is 48.3 Å². The number of nitrogens with one attached hydrogen (secondary N) is 1. The molecule has 0 spiro atoms. The van der Waals surface area contributed by atoms with Gasteiger partial charge in [0.15, 0.2) is 0 Å². The van der Waals surface area contributed by atoms with Crippen LogP contribution in [0.1, 0.15) is 23.8 Å². The predicted molar refractivity (Wildman–Crippen MR) is 80.5 cm³/mol. The van der Waals surface area contributed by atoms with Crippen LogP contribution < -0.4 is 10.5 Å². The molecular weight excluding hydrogens is 290 g/mol. The smallest absolute Gasteiger partial charge is 0.272 e. The van der Waals surface area contributed by atoms with Gasteiger partial charge in [0.2, 0.25) is 10.0 Å². The van der Waals surface area contributed by atoms with Gasteiger partial charge in [-0.1, -0.05) is 13.0 Å². The third-order valence-electron chi connectivity index (χ3n) is 2.95. The van der Waals surface area contributed by atoms with E-state index in [4.69, 9.17) is 5.14 Å². The molecule has 1 amide bonds. The average Bonchev–Trinajstić information content (AvgIpc) is 2.87. The molecule has 2 aromatic rings. The number of carbonyl (C=O) groups is 1. The average molecular weight is 307 g/mol. The van der Waals surface area contributed by atoms with Crippen LogP contribution in [0.4, 0.5) is 5.69 Å². The maximum Gasteiger partial charge on any atom is 0.272 e. The van der Waals surface area contributed by atoms with Crippen LogP contribution in [0.2, 0.25) is 0 Å². The van der Waals surface area contributed by atoms with E-state index in [-0.39, 0.29) is 10.8 Å². The van der Waals surface area contributed by atoms with Crippen molar-refractivity contribution in [3.63, 3.8) is 0 Å². The fourth-order valence-corrected chi connectivity index (χ4v) is 2.56. The van der Waals surface area contributed by atoms with Gasteiger partial charge in [0, 0.05) is 18.4 Å². The zero-order valence-electron chi connectivity index (χ0n) is 11.6. The largest absolute Gasteiger partial charge is 0.344 e. The number of nitrogens with two attached hydrogens (primary N) is 1. The van der Waals surface area contributed by atoms with Gasteiger partial charge < -0.3 is 9.88 Å². The second-order valence-corrected chi connectivity index (χ2v) is 6.18. The molecule has 1 heterocycles. The Morgan fingerprint density at radius 1 is 1.29 bits per heavy atom. The van der Waals surface area contributed by atoms with Crippen LogP contribution in [0.5, 0.6) is 0 Å². The fraction of sp³-hybridized carbons (Fsp3) is 0.214. The summed E-state index contributed by atoms with van der Waals surface area (Å²) < 4.78 is 24.4. The quantitative estimate of drug-likeness (QED) is 0.881. The summed E-state index contributed by atoms with van der Waals surface area (Å²) in [5.41, 5.74) is 0.911. The number of anilines is 1. The molecule has 0 aliphatic heterocycles. The van der Waals surface area contributed by atoms with E-state index in [0.29, 0.717) is 11.4 Å². The molecule has 0 unspecified atom stereocenters. The number of benzene rings is 1. The number of rotatable bonds is 5. The highest BCUT2D eigenvalue weighted by atomic mass is 32.2. The molecule has 0 aliphatic rings. The van der Waals surface area contributed by atoms with Crippen LogP contribution in [0.15, 0.2) is 47.5 Å². The monoisotopic (exact) mass is 307 g/mol. The predicted octanol–water partition coefficient (Wildman–Crippen LogP) is 1.80. The highest BCUT2D eigenvalue weighted by molar-refractivity contribution is 7.89. The number of hydrogen-bond donors (Lipinski definition) is 2. The lowest BCUT2D eigenvalue weighted by atomic mass is 10.3. The van der Waals surface area contributed by atoms with E-state index in [0.717, 1.165) is 13.0 Å². The van der Waals surface area contributed by atoms with Crippen molar-refractivity contribution in [3.8, 4) is 0 Å². The Morgan fingerprint density at radius 3 is 2.71 bits per heavy atom. The first-order valence-corrected chi connectivity index (χ1v) is 8.06. The lowest BCUT2D eigenvalue weighted by molar-refractivity contribution is 0.101. The third-order valence-corrected chi connectivity index (χ3v) is 3.86. The van der Waals surface area contributed by atoms with Gasteiger partial charge in [-0.15, -0.1) is 0 Å². The summed E-state index contributed by atoms with van der Waals surface area (Å²) in [6, 6.07) is 9.37. The SMILES string of the molecule is CCCn1cccc1C(=O)Nc1cccc(S(N)(=O)=O)c1. The van der Waals surface area contributed by atoms with Crippen LogP contribution in [-0.2, 0) is 16.6 Å². The molecule has 0 bridgehead atoms. The van der Waals surface area contributed by atoms with E-state index in [1.54, 1.807) is 18.2 Å². The van der Waals surface area contributed by atoms with Crippen molar-refractivity contribution in [2.24, 2.45) is 5.14 Å². The lowest BCUT2D eigenvalue weighted by Gasteiger charge is -2.09. The van der Waals surface area contributed by atoms with Gasteiger partial charge in [0.25, 0.3) is 5.91 Å². The van der Waals surface area contributed by atoms with Crippen LogP contribution in [-0.4, -0.2) is 18.9 Å². The standard InChI is InChI=1S/C14H17N3O3S/c1-2-8-17-9-4-7-13(17)14(18)16-11-5-3-6-12(10-11)21(15,19)20/h3-7,9-10H,2,8H2,1H3,(H,16,18)(H2,15,19,20). The summed E-state index contributed by atoms with van der Waals surface area (Å²) in [6.07, 6.45) is 2.75. The fourth-order valence-electron chi connectivity index (χ4n) is 2.00. The van der Waals surface area contributed by atoms with E-state index in [1.807, 2.05) is 17.7 Å². The number of aromatic nitrogens is 1. The number of hydrogen-bond acceptors (Lipinski definition) is 3. The Kier molecular flexibility index (Phi) is 4.44. The molecule has 7 heteroatoms. The van der Waals surface area contributed by atoms with Crippen LogP contribution >= 0.6 is 0 Å². The Bertz CT molecular complexity index is 750. The first kappa shape index (κ1) is 15.3. The Hall–Kier alpha value is -2.12. The second-order valence-electron chi connectivity index (χ2n) is 4.61. The van der Waals surface area contributed by atoms with Gasteiger partial charge in [-0.25, -0.2) is 13.6 Å². The molecule has 0 radical (unpaired) electrons. The zero-order chi connectivity index (χ0) is 15.5. The number of nitrogens with zero attached hydrogens (tertiary/aromatic N) is 1. The molecule has 112 valence electrons. The Morgan fingerprint density at radius 2 is 2.05 bits per heavy atom. The van der Waals surface area contributed by atoms with Crippen LogP contribution in [0.3, 0.4) is 0 Å². The second kappa shape index (κ2) is 6.11. The van der Waals surface area contributed by atoms with Crippen molar-refractivity contribution in [1.82, 2.24) is 4.57 Å². The van der Waals surface area contributed by atoms with E-state index in [1.165, 1.54) is 18.2 Å². The molecule has 0 aliphatic carbocycles. The summed E-state index contributed by atoms with van der Waals surface area (Å²) >= 11 is 0. The van der Waals surface area contributed by atoms with Crippen molar-refractivity contribution in [2.45, 2.75) is 24.8 Å². The molecule has 1 aromatic heterocycles. The minimum atomic E-state index is -3.79. The zero-order valence-corrected chi connectivity index (χ0v) is 12.4. The number of carbonyl (C=O) groups excluding carboxylic acids is 1. The molecule has 0 atom stereocenters. The van der Waals surface area contributed by atoms with Crippen LogP contribution in [0, 0.1) is 0 Å². The van der Waals surface area contributed by atoms with Crippen molar-refractivity contribution in [2.75, 3.05) is 5.32 Å². The highest BCUT2D eigenvalue weighted by Crippen LogP contribution is 2.15. The van der Waals surface area contributed by atoms with E-state index < -0.39 is 10.0 Å². The van der Waals surface area contributed by atoms with E-state index >= 15 is 0 Å². The number of amides is 1. The molecule has 0 saturated carbocycles. The normalized spacial score (nSPS) is 11.3. The van der Waals surface area contributed by atoms with Gasteiger partial charge in [0.05, 0.1) is 4.90 Å². The van der Waals surface area contributed by atoms with Gasteiger partial charge in [-0.3, -0.25) is 4.79 Å². The summed E-state index contributed by atoms with van der Waals surface area (Å²) in [5, 5.41) is 7.75. The molecule has 1 aromatic carbocycles. The number of sulfonamides is 1. The van der Waals surface area contributed by atoms with Gasteiger partial charge in [-0.2, -0.15) is 0 Å². The lowest BCUT2D eigenvalue weighted by Crippen LogP contribution is -2.17. The first-order valence-electron chi connectivity index (χ1n) is 6.51. The third kappa shape index (κ3) is 3.71.